The zero-order chi connectivity index (χ0) is 16.1. The fraction of sp³-hybridized carbons (Fsp3) is 0.211. The number of carbonyl (C=O) groups is 1. The minimum absolute atomic E-state index is 0.0153. The molecule has 0 aliphatic heterocycles. The van der Waals surface area contributed by atoms with Gasteiger partial charge in [-0.3, -0.25) is 4.79 Å². The number of esters is 1. The number of hydrogen-bond donors (Lipinski definition) is 1. The minimum atomic E-state index is -0.348. The predicted molar refractivity (Wildman–Crippen MR) is 87.4 cm³/mol. The molecule has 0 aliphatic rings. The van der Waals surface area contributed by atoms with Gasteiger partial charge in [-0.2, -0.15) is 0 Å². The van der Waals surface area contributed by atoms with E-state index in [1.807, 2.05) is 24.4 Å². The lowest BCUT2D eigenvalue weighted by atomic mass is 10.1. The molecule has 118 valence electrons. The van der Waals surface area contributed by atoms with Gasteiger partial charge >= 0.3 is 5.97 Å². The fourth-order valence-corrected chi connectivity index (χ4v) is 2.61. The molecule has 0 fully saturated rings. The molecule has 3 nitrogen and oxygen atoms in total. The Balaban J connectivity index is 1.47. The Morgan fingerprint density at radius 3 is 2.70 bits per heavy atom. The molecule has 0 saturated heterocycles. The van der Waals surface area contributed by atoms with Crippen LogP contribution in [0, 0.1) is 5.82 Å². The van der Waals surface area contributed by atoms with Gasteiger partial charge in [0.05, 0.1) is 0 Å². The molecular weight excluding hydrogens is 293 g/mol. The van der Waals surface area contributed by atoms with Crippen molar-refractivity contribution in [3.63, 3.8) is 0 Å². The molecule has 0 spiro atoms. The van der Waals surface area contributed by atoms with Crippen LogP contribution in [0.5, 0.6) is 0 Å². The van der Waals surface area contributed by atoms with E-state index in [0.29, 0.717) is 18.4 Å². The fourth-order valence-electron chi connectivity index (χ4n) is 2.61. The summed E-state index contributed by atoms with van der Waals surface area (Å²) in [6, 6.07) is 14.4. The number of carbonyl (C=O) groups excluding carboxylic acids is 1. The van der Waals surface area contributed by atoms with Gasteiger partial charge in [-0.25, -0.2) is 4.39 Å². The number of benzene rings is 2. The third-order valence-electron chi connectivity index (χ3n) is 3.85. The molecule has 3 aromatic rings. The summed E-state index contributed by atoms with van der Waals surface area (Å²) >= 11 is 0. The van der Waals surface area contributed by atoms with Crippen LogP contribution in [0.3, 0.4) is 0 Å². The molecule has 23 heavy (non-hydrogen) atoms. The lowest BCUT2D eigenvalue weighted by Crippen LogP contribution is -2.06. The van der Waals surface area contributed by atoms with Crippen LogP contribution in [0.15, 0.2) is 54.7 Å². The summed E-state index contributed by atoms with van der Waals surface area (Å²) in [7, 11) is 0. The van der Waals surface area contributed by atoms with Crippen LogP contribution in [-0.2, 0) is 22.6 Å². The number of fused-ring (bicyclic) bond motifs is 1. The van der Waals surface area contributed by atoms with Gasteiger partial charge in [0.25, 0.3) is 0 Å². The highest BCUT2D eigenvalue weighted by Gasteiger charge is 2.08. The number of H-pyrrole nitrogens is 1. The van der Waals surface area contributed by atoms with Crippen LogP contribution in [0.2, 0.25) is 0 Å². The topological polar surface area (TPSA) is 42.1 Å². The Morgan fingerprint density at radius 2 is 1.83 bits per heavy atom. The normalized spacial score (nSPS) is 10.8. The molecule has 1 heterocycles. The maximum atomic E-state index is 13.4. The van der Waals surface area contributed by atoms with E-state index < -0.39 is 0 Å². The average Bonchev–Trinajstić information content (AvgIpc) is 2.98. The summed E-state index contributed by atoms with van der Waals surface area (Å²) in [4.78, 5) is 15.0. The highest BCUT2D eigenvalue weighted by Crippen LogP contribution is 2.19. The zero-order valence-electron chi connectivity index (χ0n) is 12.7. The number of nitrogens with one attached hydrogen (secondary N) is 1. The Hall–Kier alpha value is -2.62. The number of aryl methyl sites for hydroxylation is 1. The quantitative estimate of drug-likeness (QED) is 0.687. The van der Waals surface area contributed by atoms with Gasteiger partial charge in [0.2, 0.25) is 0 Å². The van der Waals surface area contributed by atoms with E-state index in [-0.39, 0.29) is 18.4 Å². The first kappa shape index (κ1) is 15.3. The lowest BCUT2D eigenvalue weighted by molar-refractivity contribution is -0.145. The molecule has 0 aliphatic carbocycles. The van der Waals surface area contributed by atoms with Crippen molar-refractivity contribution < 1.29 is 13.9 Å². The Bertz CT molecular complexity index is 810. The van der Waals surface area contributed by atoms with Gasteiger partial charge in [0, 0.05) is 29.1 Å². The lowest BCUT2D eigenvalue weighted by Gasteiger charge is -2.05. The van der Waals surface area contributed by atoms with Gasteiger partial charge in [-0.15, -0.1) is 0 Å². The van der Waals surface area contributed by atoms with Crippen LogP contribution in [0.25, 0.3) is 10.9 Å². The number of aromatic nitrogens is 1. The van der Waals surface area contributed by atoms with Crippen molar-refractivity contribution >= 4 is 16.9 Å². The summed E-state index contributed by atoms with van der Waals surface area (Å²) in [5.74, 6) is -0.646. The van der Waals surface area contributed by atoms with Crippen molar-refractivity contribution in [1.29, 1.82) is 0 Å². The average molecular weight is 311 g/mol. The van der Waals surface area contributed by atoms with Crippen molar-refractivity contribution in [3.05, 3.63) is 71.7 Å². The first-order chi connectivity index (χ1) is 11.2. The first-order valence-electron chi connectivity index (χ1n) is 7.68. The number of para-hydroxylation sites is 1. The molecule has 0 atom stereocenters. The van der Waals surface area contributed by atoms with Crippen LogP contribution in [0.1, 0.15) is 24.0 Å². The predicted octanol–water partition coefficient (Wildman–Crippen LogP) is 4.37. The largest absolute Gasteiger partial charge is 0.461 e. The molecule has 1 N–H and O–H groups in total. The van der Waals surface area contributed by atoms with Crippen LogP contribution < -0.4 is 0 Å². The number of ether oxygens (including phenoxy) is 1. The number of rotatable bonds is 6. The molecule has 1 aromatic heterocycles. The Kier molecular flexibility index (Phi) is 4.71. The third-order valence-corrected chi connectivity index (χ3v) is 3.85. The van der Waals surface area contributed by atoms with E-state index >= 15 is 0 Å². The van der Waals surface area contributed by atoms with Crippen molar-refractivity contribution in [2.24, 2.45) is 0 Å². The summed E-state index contributed by atoms with van der Waals surface area (Å²) in [6.07, 6.45) is 3.82. The highest BCUT2D eigenvalue weighted by molar-refractivity contribution is 5.83. The second-order valence-corrected chi connectivity index (χ2v) is 5.47. The molecular formula is C19H18FNO2. The maximum absolute atomic E-state index is 13.4. The van der Waals surface area contributed by atoms with E-state index in [0.717, 1.165) is 11.9 Å². The SMILES string of the molecule is O=C(CCCc1c[nH]c2ccccc12)OCc1ccccc1F. The summed E-state index contributed by atoms with van der Waals surface area (Å²) in [5, 5.41) is 1.19. The number of hydrogen-bond acceptors (Lipinski definition) is 2. The van der Waals surface area contributed by atoms with Gasteiger partial charge in [0.1, 0.15) is 12.4 Å². The van der Waals surface area contributed by atoms with E-state index in [9.17, 15) is 9.18 Å². The zero-order valence-corrected chi connectivity index (χ0v) is 12.7. The number of aromatic amines is 1. The van der Waals surface area contributed by atoms with Gasteiger partial charge in [-0.1, -0.05) is 36.4 Å². The standard InChI is InChI=1S/C19H18FNO2/c20-17-9-3-1-6-15(17)13-23-19(22)11-5-7-14-12-21-18-10-4-2-8-16(14)18/h1-4,6,8-10,12,21H,5,7,11,13H2. The van der Waals surface area contributed by atoms with Crippen molar-refractivity contribution in [1.82, 2.24) is 4.98 Å². The summed E-state index contributed by atoms with van der Waals surface area (Å²) in [5.41, 5.74) is 2.70. The molecule has 0 amide bonds. The van der Waals surface area contributed by atoms with Gasteiger partial charge in [-0.05, 0) is 30.5 Å². The van der Waals surface area contributed by atoms with Crippen molar-refractivity contribution in [3.8, 4) is 0 Å². The molecule has 0 radical (unpaired) electrons. The van der Waals surface area contributed by atoms with E-state index in [4.69, 9.17) is 4.74 Å². The third kappa shape index (κ3) is 3.77. The maximum Gasteiger partial charge on any atom is 0.306 e. The Morgan fingerprint density at radius 1 is 1.04 bits per heavy atom. The second kappa shape index (κ2) is 7.09. The van der Waals surface area contributed by atoms with Crippen LogP contribution in [-0.4, -0.2) is 11.0 Å². The van der Waals surface area contributed by atoms with E-state index in [2.05, 4.69) is 11.1 Å². The highest BCUT2D eigenvalue weighted by atomic mass is 19.1. The van der Waals surface area contributed by atoms with Gasteiger partial charge < -0.3 is 9.72 Å². The van der Waals surface area contributed by atoms with Crippen LogP contribution >= 0.6 is 0 Å². The second-order valence-electron chi connectivity index (χ2n) is 5.47. The molecule has 3 rings (SSSR count). The first-order valence-corrected chi connectivity index (χ1v) is 7.68. The molecule has 4 heteroatoms. The summed E-state index contributed by atoms with van der Waals surface area (Å²) < 4.78 is 18.6. The van der Waals surface area contributed by atoms with E-state index in [1.54, 1.807) is 18.2 Å². The molecule has 0 unspecified atom stereocenters. The minimum Gasteiger partial charge on any atom is -0.461 e. The van der Waals surface area contributed by atoms with Crippen molar-refractivity contribution in [2.45, 2.75) is 25.9 Å². The van der Waals surface area contributed by atoms with Crippen LogP contribution in [0.4, 0.5) is 4.39 Å². The monoisotopic (exact) mass is 311 g/mol. The van der Waals surface area contributed by atoms with Gasteiger partial charge in [0.15, 0.2) is 0 Å². The number of halogens is 1. The molecule has 0 saturated carbocycles. The molecule has 0 bridgehead atoms. The summed E-state index contributed by atoms with van der Waals surface area (Å²) in [6.45, 7) is -0.0153. The Labute approximate surface area is 134 Å². The van der Waals surface area contributed by atoms with Crippen molar-refractivity contribution in [2.75, 3.05) is 0 Å². The smallest absolute Gasteiger partial charge is 0.306 e. The molecule has 2 aromatic carbocycles. The van der Waals surface area contributed by atoms with E-state index in [1.165, 1.54) is 17.0 Å².